The molecule has 0 saturated carbocycles. The van der Waals surface area contributed by atoms with Gasteiger partial charge in [-0.3, -0.25) is 0 Å². The summed E-state index contributed by atoms with van der Waals surface area (Å²) in [6.45, 7) is 0. The summed E-state index contributed by atoms with van der Waals surface area (Å²) >= 11 is -1.49. The summed E-state index contributed by atoms with van der Waals surface area (Å²) in [6, 6.07) is 0. The Hall–Kier alpha value is -0.417. The third-order valence-electron chi connectivity index (χ3n) is 0.0866. The standard InChI is InChI=1S/NO2.NO.H3N.Ru/c2-1-3;1-2;;/h;;1H3;/q;-1;;+1. The average Bonchev–Trinajstić information content (AvgIpc) is 1.35. The van der Waals surface area contributed by atoms with E-state index >= 15 is 0 Å². The Balaban J connectivity index is 0. The molecule has 7 heteroatoms. The van der Waals surface area contributed by atoms with Crippen LogP contribution in [0, 0.1) is 15.0 Å². The first-order chi connectivity index (χ1) is 2.77. The molecule has 0 rings (SSSR count). The van der Waals surface area contributed by atoms with Crippen LogP contribution in [-0.4, -0.2) is 3.67 Å². The normalized spacial score (nSPS) is 6.86. The fourth-order valence-corrected chi connectivity index (χ4v) is 0.139. The van der Waals surface area contributed by atoms with Gasteiger partial charge in [0.2, 0.25) is 0 Å². The molecule has 0 radical (unpaired) electrons. The molecule has 44 valence electrons. The van der Waals surface area contributed by atoms with Crippen molar-refractivity contribution in [1.29, 1.82) is 0 Å². The quantitative estimate of drug-likeness (QED) is 0.291. The average molecular weight is 194 g/mol. The Kier molecular flexibility index (Phi) is 7.79. The van der Waals surface area contributed by atoms with Crippen molar-refractivity contribution in [2.24, 2.45) is 3.92 Å². The van der Waals surface area contributed by atoms with Gasteiger partial charge >= 0.3 is 40.2 Å². The monoisotopic (exact) mass is 195 g/mol. The molecule has 0 amide bonds. The van der Waals surface area contributed by atoms with Crippen LogP contribution in [0.25, 0.3) is 0 Å². The Morgan fingerprint density at radius 3 is 2.14 bits per heavy atom. The summed E-state index contributed by atoms with van der Waals surface area (Å²) < 4.78 is 1.37. The third-order valence-corrected chi connectivity index (χ3v) is 0.512. The van der Waals surface area contributed by atoms with Crippen LogP contribution in [0.3, 0.4) is 0 Å². The molecule has 0 heterocycles. The topological polar surface area (TPSA) is 108 Å². The molecule has 0 atom stereocenters. The number of nitro groups is 1. The molecule has 0 fully saturated rings. The van der Waals surface area contributed by atoms with Crippen molar-refractivity contribution < 1.29 is 21.3 Å². The molecule has 7 heavy (non-hydrogen) atoms. The van der Waals surface area contributed by atoms with Crippen LogP contribution in [0.2, 0.25) is 0 Å². The van der Waals surface area contributed by atoms with E-state index in [-0.39, 0.29) is 6.15 Å². The van der Waals surface area contributed by atoms with E-state index in [2.05, 4.69) is 3.92 Å². The molecule has 0 unspecified atom stereocenters. The molecule has 3 N–H and O–H groups in total. The minimum absolute atomic E-state index is 0. The zero-order valence-electron chi connectivity index (χ0n) is 3.18. The first-order valence-corrected chi connectivity index (χ1v) is 2.42. The van der Waals surface area contributed by atoms with Crippen LogP contribution in [0.5, 0.6) is 0 Å². The molecule has 0 aliphatic carbocycles. The number of hydrogen-bond acceptors (Lipinski definition) is 5. The van der Waals surface area contributed by atoms with Crippen molar-refractivity contribution in [2.45, 2.75) is 0 Å². The maximum absolute atomic E-state index is 9.15. The second kappa shape index (κ2) is 5.58. The second-order valence-corrected chi connectivity index (χ2v) is 1.64. The maximum atomic E-state index is 9.15. The van der Waals surface area contributed by atoms with Gasteiger partial charge in [-0.25, -0.2) is 0 Å². The summed E-state index contributed by atoms with van der Waals surface area (Å²) in [5.41, 5.74) is 0. The zero-order chi connectivity index (χ0) is 4.99. The van der Waals surface area contributed by atoms with E-state index < -0.39 is 21.3 Å². The number of rotatable bonds is 2. The molecule has 0 saturated heterocycles. The van der Waals surface area contributed by atoms with Crippen molar-refractivity contribution in [3.05, 3.63) is 15.0 Å². The van der Waals surface area contributed by atoms with Gasteiger partial charge in [-0.2, -0.15) is 0 Å². The van der Waals surface area contributed by atoms with Gasteiger partial charge in [0.1, 0.15) is 0 Å². The molecule has 6 nitrogen and oxygen atoms in total. The first-order valence-electron chi connectivity index (χ1n) is 0.864. The molecule has 0 aromatic carbocycles. The fraction of sp³-hybridized carbons (Fsp3) is 0. The molecule has 0 aliphatic rings. The number of nitrogens with zero attached hydrogens (tertiary/aromatic N) is 2. The van der Waals surface area contributed by atoms with Crippen LogP contribution < -0.4 is 6.15 Å². The van der Waals surface area contributed by atoms with Gasteiger partial charge in [-0.1, -0.05) is 0 Å². The molecule has 0 spiro atoms. The summed E-state index contributed by atoms with van der Waals surface area (Å²) in [5, 5.41) is 9.15. The number of hydrogen-bond donors (Lipinski definition) is 1. The van der Waals surface area contributed by atoms with Gasteiger partial charge in [0.05, 0.1) is 0 Å². The summed E-state index contributed by atoms with van der Waals surface area (Å²) in [6.07, 6.45) is 0. The molecule has 0 aromatic heterocycles. The van der Waals surface area contributed by atoms with Crippen molar-refractivity contribution in [3.63, 3.8) is 0 Å². The molecular weight excluding hydrogens is 191 g/mol. The minimum atomic E-state index is -1.49. The van der Waals surface area contributed by atoms with E-state index in [1.54, 1.807) is 0 Å². The Bertz CT molecular complexity index is 70.6. The van der Waals surface area contributed by atoms with Gasteiger partial charge in [-0.05, 0) is 0 Å². The van der Waals surface area contributed by atoms with E-state index in [9.17, 15) is 0 Å². The molecule has 0 aromatic rings. The molecule has 0 bridgehead atoms. The predicted molar refractivity (Wildman–Crippen MR) is 17.8 cm³/mol. The van der Waals surface area contributed by atoms with Crippen molar-refractivity contribution >= 4 is 0 Å². The van der Waals surface area contributed by atoms with Crippen molar-refractivity contribution in [1.82, 2.24) is 6.15 Å². The van der Waals surface area contributed by atoms with Gasteiger partial charge in [0, 0.05) is 0 Å². The van der Waals surface area contributed by atoms with Gasteiger partial charge < -0.3 is 6.15 Å². The van der Waals surface area contributed by atoms with E-state index in [1.807, 2.05) is 0 Å². The van der Waals surface area contributed by atoms with E-state index in [0.29, 0.717) is 0 Å². The van der Waals surface area contributed by atoms with Crippen LogP contribution in [0.4, 0.5) is 0 Å². The van der Waals surface area contributed by atoms with Gasteiger partial charge in [-0.15, -0.1) is 0 Å². The van der Waals surface area contributed by atoms with Gasteiger partial charge in [0.25, 0.3) is 0 Å². The van der Waals surface area contributed by atoms with Crippen LogP contribution in [0.15, 0.2) is 3.92 Å². The van der Waals surface area contributed by atoms with E-state index in [4.69, 9.17) is 15.0 Å². The van der Waals surface area contributed by atoms with Crippen molar-refractivity contribution in [2.75, 3.05) is 0 Å². The Labute approximate surface area is 47.1 Å². The first kappa shape index (κ1) is 9.77. The SMILES string of the molecule is N.O=[N][Ru][N+](=O)[O-]. The van der Waals surface area contributed by atoms with E-state index in [0.717, 1.165) is 0 Å². The van der Waals surface area contributed by atoms with Crippen LogP contribution in [-0.2, 0) is 17.6 Å². The predicted octanol–water partition coefficient (Wildman–Crippen LogP) is 0.104. The van der Waals surface area contributed by atoms with Crippen LogP contribution >= 0.6 is 0 Å². The zero-order valence-corrected chi connectivity index (χ0v) is 4.92. The Morgan fingerprint density at radius 2 is 2.14 bits per heavy atom. The molecular formula is H3N3O3Ru. The van der Waals surface area contributed by atoms with Crippen molar-refractivity contribution in [3.8, 4) is 0 Å². The third kappa shape index (κ3) is 10.7. The summed E-state index contributed by atoms with van der Waals surface area (Å²) in [7, 11) is 0. The van der Waals surface area contributed by atoms with Crippen LogP contribution in [0.1, 0.15) is 0 Å². The molecule has 0 aliphatic heterocycles. The number of nitroso groups, excluding NO2 is 1. The van der Waals surface area contributed by atoms with E-state index in [1.165, 1.54) is 0 Å². The summed E-state index contributed by atoms with van der Waals surface area (Å²) in [4.78, 5) is 18.1. The summed E-state index contributed by atoms with van der Waals surface area (Å²) in [5.74, 6) is 0. The van der Waals surface area contributed by atoms with Gasteiger partial charge in [0.15, 0.2) is 0 Å². The second-order valence-electron chi connectivity index (χ2n) is 0.339. The Morgan fingerprint density at radius 1 is 1.71 bits per heavy atom. The fourth-order valence-electron chi connectivity index (χ4n) is 0.0236.